The number of carbonyl (C=O) groups excluding carboxylic acids is 1. The molecule has 6 heteroatoms. The van der Waals surface area contributed by atoms with Gasteiger partial charge in [-0.15, -0.1) is 0 Å². The molecule has 0 radical (unpaired) electrons. The van der Waals surface area contributed by atoms with Crippen LogP contribution < -0.4 is 9.64 Å². The van der Waals surface area contributed by atoms with Crippen LogP contribution in [-0.4, -0.2) is 32.3 Å². The topological polar surface area (TPSA) is 30.7 Å². The minimum Gasteiger partial charge on any atom is -0.441 e. The van der Waals surface area contributed by atoms with Crippen LogP contribution in [0.25, 0.3) is 0 Å². The van der Waals surface area contributed by atoms with Crippen molar-refractivity contribution in [3.8, 4) is 5.75 Å². The first-order valence-corrected chi connectivity index (χ1v) is 5.49. The zero-order valence-electron chi connectivity index (χ0n) is 9.91. The number of rotatable bonds is 1. The Bertz CT molecular complexity index is 471. The normalized spacial score (nSPS) is 23.8. The predicted octanol–water partition coefficient (Wildman–Crippen LogP) is 0.911. The summed E-state index contributed by atoms with van der Waals surface area (Å²) in [6.45, 7) is 0. The van der Waals surface area contributed by atoms with E-state index in [1.54, 1.807) is 6.07 Å². The van der Waals surface area contributed by atoms with Crippen molar-refractivity contribution >= 4 is 5.78 Å². The molecule has 1 aromatic rings. The van der Waals surface area contributed by atoms with Gasteiger partial charge in [0.05, 0.1) is 19.7 Å². The van der Waals surface area contributed by atoms with E-state index in [-0.39, 0.29) is 11.3 Å². The van der Waals surface area contributed by atoms with Crippen LogP contribution in [0.5, 0.6) is 5.75 Å². The zero-order chi connectivity index (χ0) is 13.5. The number of quaternary nitrogens is 1. The van der Waals surface area contributed by atoms with Gasteiger partial charge >= 0.3 is 6.18 Å². The maximum absolute atomic E-state index is 13.0. The van der Waals surface area contributed by atoms with E-state index in [4.69, 9.17) is 4.74 Å². The van der Waals surface area contributed by atoms with Crippen molar-refractivity contribution in [2.45, 2.75) is 12.4 Å². The van der Waals surface area contributed by atoms with E-state index in [1.165, 1.54) is 32.3 Å². The Balaban J connectivity index is 2.50. The molecule has 2 atom stereocenters. The molecule has 1 heterocycles. The lowest BCUT2D eigenvalue weighted by Crippen LogP contribution is -3.12. The van der Waals surface area contributed by atoms with E-state index >= 15 is 0 Å². The standard InChI is InChI=1S/C12H12F3NO2/c1-16(2)11-9(12(13,14)15)10(17)7-5-3-4-6-8(7)18-11/h3-6,9,11H,1-2H3/p+1/t9-,11+/m1/s1. The molecular formula is C12H13F3NO2+. The number of Topliss-reactive ketones (excluding diaryl/α,β-unsaturated/α-hetero) is 1. The monoisotopic (exact) mass is 260 g/mol. The predicted molar refractivity (Wildman–Crippen MR) is 57.5 cm³/mol. The summed E-state index contributed by atoms with van der Waals surface area (Å²) in [5, 5.41) is 0. The third-order valence-electron chi connectivity index (χ3n) is 2.91. The number of ether oxygens (including phenoxy) is 1. The molecule has 0 unspecified atom stereocenters. The number of alkyl halides is 3. The van der Waals surface area contributed by atoms with Crippen molar-refractivity contribution in [1.29, 1.82) is 0 Å². The highest BCUT2D eigenvalue weighted by Gasteiger charge is 2.56. The fraction of sp³-hybridized carbons (Fsp3) is 0.417. The molecule has 3 nitrogen and oxygen atoms in total. The van der Waals surface area contributed by atoms with Gasteiger partial charge in [0.25, 0.3) is 6.23 Å². The minimum absolute atomic E-state index is 0.00248. The molecule has 0 spiro atoms. The minimum atomic E-state index is -4.60. The number of hydrogen-bond acceptors (Lipinski definition) is 2. The first-order valence-electron chi connectivity index (χ1n) is 5.49. The number of hydrogen-bond donors (Lipinski definition) is 1. The first kappa shape index (κ1) is 12.9. The van der Waals surface area contributed by atoms with Gasteiger partial charge in [0.1, 0.15) is 5.75 Å². The van der Waals surface area contributed by atoms with Crippen molar-refractivity contribution in [3.05, 3.63) is 29.8 Å². The van der Waals surface area contributed by atoms with Gasteiger partial charge in [-0.1, -0.05) is 12.1 Å². The molecule has 18 heavy (non-hydrogen) atoms. The van der Waals surface area contributed by atoms with Crippen LogP contribution in [0, 0.1) is 5.92 Å². The third-order valence-corrected chi connectivity index (χ3v) is 2.91. The van der Waals surface area contributed by atoms with E-state index < -0.39 is 24.1 Å². The largest absolute Gasteiger partial charge is 0.441 e. The average Bonchev–Trinajstić information content (AvgIpc) is 2.27. The number of halogens is 3. The summed E-state index contributed by atoms with van der Waals surface area (Å²) in [4.78, 5) is 12.4. The second-order valence-corrected chi connectivity index (χ2v) is 4.50. The Morgan fingerprint density at radius 1 is 1.22 bits per heavy atom. The summed E-state index contributed by atoms with van der Waals surface area (Å²) in [7, 11) is 3.06. The van der Waals surface area contributed by atoms with Gasteiger partial charge in [0.2, 0.25) is 5.92 Å². The smallest absolute Gasteiger partial charge is 0.408 e. The highest BCUT2D eigenvalue weighted by Crippen LogP contribution is 2.37. The molecule has 98 valence electrons. The lowest BCUT2D eigenvalue weighted by Gasteiger charge is -2.34. The molecule has 2 rings (SSSR count). The van der Waals surface area contributed by atoms with Gasteiger partial charge in [-0.2, -0.15) is 13.2 Å². The molecule has 1 aromatic carbocycles. The Morgan fingerprint density at radius 3 is 2.39 bits per heavy atom. The molecule has 0 aromatic heterocycles. The van der Waals surface area contributed by atoms with Gasteiger partial charge in [-0.25, -0.2) is 0 Å². The second-order valence-electron chi connectivity index (χ2n) is 4.50. The maximum Gasteiger partial charge on any atom is 0.408 e. The van der Waals surface area contributed by atoms with Gasteiger partial charge in [0.15, 0.2) is 5.78 Å². The van der Waals surface area contributed by atoms with Crippen LogP contribution in [0.15, 0.2) is 24.3 Å². The molecule has 0 aliphatic carbocycles. The molecule has 0 bridgehead atoms. The number of benzene rings is 1. The maximum atomic E-state index is 13.0. The van der Waals surface area contributed by atoms with Crippen LogP contribution in [0.3, 0.4) is 0 Å². The Kier molecular flexibility index (Phi) is 3.06. The summed E-state index contributed by atoms with van der Waals surface area (Å²) in [5.41, 5.74) is -0.00248. The van der Waals surface area contributed by atoms with Crippen LogP contribution >= 0.6 is 0 Å². The van der Waals surface area contributed by atoms with Crippen molar-refractivity contribution in [2.24, 2.45) is 5.92 Å². The van der Waals surface area contributed by atoms with Gasteiger partial charge in [0, 0.05) is 0 Å². The van der Waals surface area contributed by atoms with Crippen molar-refractivity contribution < 1.29 is 27.6 Å². The van der Waals surface area contributed by atoms with Crippen molar-refractivity contribution in [1.82, 2.24) is 0 Å². The Hall–Kier alpha value is -1.56. The molecule has 1 aliphatic heterocycles. The molecular weight excluding hydrogens is 247 g/mol. The summed E-state index contributed by atoms with van der Waals surface area (Å²) in [6, 6.07) is 6.02. The second kappa shape index (κ2) is 4.28. The summed E-state index contributed by atoms with van der Waals surface area (Å²) >= 11 is 0. The van der Waals surface area contributed by atoms with Crippen LogP contribution in [0.2, 0.25) is 0 Å². The van der Waals surface area contributed by atoms with Crippen LogP contribution in [-0.2, 0) is 0 Å². The summed E-state index contributed by atoms with van der Waals surface area (Å²) in [5.74, 6) is -2.82. The van der Waals surface area contributed by atoms with Crippen molar-refractivity contribution in [2.75, 3.05) is 14.1 Å². The fourth-order valence-corrected chi connectivity index (χ4v) is 2.05. The lowest BCUT2D eigenvalue weighted by atomic mass is 9.91. The van der Waals surface area contributed by atoms with Crippen molar-refractivity contribution in [3.63, 3.8) is 0 Å². The fourth-order valence-electron chi connectivity index (χ4n) is 2.05. The number of fused-ring (bicyclic) bond motifs is 1. The van der Waals surface area contributed by atoms with Gasteiger partial charge < -0.3 is 9.64 Å². The molecule has 1 N–H and O–H groups in total. The van der Waals surface area contributed by atoms with Gasteiger partial charge in [-0.3, -0.25) is 4.79 Å². The summed E-state index contributed by atoms with van der Waals surface area (Å²) < 4.78 is 44.3. The zero-order valence-corrected chi connectivity index (χ0v) is 9.91. The number of para-hydroxylation sites is 1. The number of ketones is 1. The SMILES string of the molecule is C[NH+](C)[C@H]1Oc2ccccc2C(=O)[C@H]1C(F)(F)F. The molecule has 0 amide bonds. The third kappa shape index (κ3) is 2.08. The molecule has 0 saturated heterocycles. The average molecular weight is 260 g/mol. The highest BCUT2D eigenvalue weighted by atomic mass is 19.4. The van der Waals surface area contributed by atoms with E-state index in [0.29, 0.717) is 4.90 Å². The molecule has 1 aliphatic rings. The quantitative estimate of drug-likeness (QED) is 0.813. The van der Waals surface area contributed by atoms with Crippen LogP contribution in [0.4, 0.5) is 13.2 Å². The molecule has 0 fully saturated rings. The lowest BCUT2D eigenvalue weighted by molar-refractivity contribution is -0.911. The highest BCUT2D eigenvalue weighted by molar-refractivity contribution is 6.01. The number of nitrogens with one attached hydrogen (secondary N) is 1. The first-order chi connectivity index (χ1) is 8.32. The van der Waals surface area contributed by atoms with E-state index in [0.717, 1.165) is 0 Å². The Morgan fingerprint density at radius 2 is 1.83 bits per heavy atom. The van der Waals surface area contributed by atoms with E-state index in [1.807, 2.05) is 0 Å². The van der Waals surface area contributed by atoms with Gasteiger partial charge in [-0.05, 0) is 12.1 Å². The molecule has 0 saturated carbocycles. The Labute approximate surface area is 102 Å². The summed E-state index contributed by atoms with van der Waals surface area (Å²) in [6.07, 6.45) is -5.85. The van der Waals surface area contributed by atoms with E-state index in [9.17, 15) is 18.0 Å². The van der Waals surface area contributed by atoms with E-state index in [2.05, 4.69) is 0 Å². The number of carbonyl (C=O) groups is 1. The van der Waals surface area contributed by atoms with Crippen LogP contribution in [0.1, 0.15) is 10.4 Å².